The number of methoxy groups -OCH3 is 1. The van der Waals surface area contributed by atoms with E-state index in [9.17, 15) is 0 Å². The van der Waals surface area contributed by atoms with Crippen molar-refractivity contribution in [3.63, 3.8) is 0 Å². The maximum Gasteiger partial charge on any atom is 0.160 e. The minimum Gasteiger partial charge on any atom is -0.497 e. The molecular weight excluding hydrogens is 248 g/mol. The zero-order chi connectivity index (χ0) is 13.1. The summed E-state index contributed by atoms with van der Waals surface area (Å²) in [6.07, 6.45) is 1.79. The Morgan fingerprint density at radius 1 is 1.17 bits per heavy atom. The molecule has 0 bridgehead atoms. The maximum atomic E-state index is 6.16. The second-order valence-electron chi connectivity index (χ2n) is 4.32. The van der Waals surface area contributed by atoms with E-state index in [1.807, 2.05) is 24.3 Å². The van der Waals surface area contributed by atoms with Gasteiger partial charge in [0, 0.05) is 17.3 Å². The minimum absolute atomic E-state index is 0.322. The minimum atomic E-state index is 0.322. The Bertz CT molecular complexity index is 538. The number of benzene rings is 1. The number of halogens is 1. The average molecular weight is 263 g/mol. The molecule has 1 aromatic heterocycles. The Hall–Kier alpha value is -1.61. The van der Waals surface area contributed by atoms with Crippen molar-refractivity contribution in [2.75, 3.05) is 7.11 Å². The van der Waals surface area contributed by atoms with E-state index < -0.39 is 0 Å². The highest BCUT2D eigenvalue weighted by Gasteiger charge is 2.09. The molecule has 0 aliphatic carbocycles. The summed E-state index contributed by atoms with van der Waals surface area (Å²) in [7, 11) is 1.64. The SMILES string of the molecule is COc1ccc(-c2ncc(C(C)C)c(Cl)n2)cc1. The van der Waals surface area contributed by atoms with Gasteiger partial charge in [-0.15, -0.1) is 0 Å². The van der Waals surface area contributed by atoms with Crippen LogP contribution in [0.1, 0.15) is 25.3 Å². The van der Waals surface area contributed by atoms with Crippen LogP contribution in [0.2, 0.25) is 5.15 Å². The van der Waals surface area contributed by atoms with E-state index in [0.29, 0.717) is 16.9 Å². The lowest BCUT2D eigenvalue weighted by Gasteiger charge is -2.08. The smallest absolute Gasteiger partial charge is 0.160 e. The van der Waals surface area contributed by atoms with Gasteiger partial charge in [0.1, 0.15) is 10.9 Å². The van der Waals surface area contributed by atoms with Crippen molar-refractivity contribution in [2.45, 2.75) is 19.8 Å². The van der Waals surface area contributed by atoms with Gasteiger partial charge in [0.05, 0.1) is 7.11 Å². The second kappa shape index (κ2) is 5.36. The van der Waals surface area contributed by atoms with Crippen LogP contribution in [0.25, 0.3) is 11.4 Å². The first kappa shape index (κ1) is 12.8. The fourth-order valence-electron chi connectivity index (χ4n) is 1.64. The molecule has 0 unspecified atom stereocenters. The number of nitrogens with zero attached hydrogens (tertiary/aromatic N) is 2. The Balaban J connectivity index is 2.36. The molecule has 0 spiro atoms. The summed E-state index contributed by atoms with van der Waals surface area (Å²) < 4.78 is 5.11. The van der Waals surface area contributed by atoms with Crippen LogP contribution >= 0.6 is 11.6 Å². The molecule has 1 heterocycles. The fraction of sp³-hybridized carbons (Fsp3) is 0.286. The highest BCUT2D eigenvalue weighted by molar-refractivity contribution is 6.30. The van der Waals surface area contributed by atoms with Gasteiger partial charge < -0.3 is 4.74 Å². The van der Waals surface area contributed by atoms with Gasteiger partial charge in [0.25, 0.3) is 0 Å². The van der Waals surface area contributed by atoms with Gasteiger partial charge in [-0.05, 0) is 30.2 Å². The highest BCUT2D eigenvalue weighted by Crippen LogP contribution is 2.25. The number of rotatable bonds is 3. The Kier molecular flexibility index (Phi) is 3.82. The van der Waals surface area contributed by atoms with Crippen molar-refractivity contribution >= 4 is 11.6 Å². The van der Waals surface area contributed by atoms with Crippen LogP contribution < -0.4 is 4.74 Å². The van der Waals surface area contributed by atoms with Crippen LogP contribution in [0.4, 0.5) is 0 Å². The summed E-state index contributed by atoms with van der Waals surface area (Å²) in [5, 5.41) is 0.519. The van der Waals surface area contributed by atoms with E-state index in [-0.39, 0.29) is 0 Å². The van der Waals surface area contributed by atoms with Crippen LogP contribution in [-0.4, -0.2) is 17.1 Å². The molecule has 4 heteroatoms. The maximum absolute atomic E-state index is 6.16. The monoisotopic (exact) mass is 262 g/mol. The summed E-state index contributed by atoms with van der Waals surface area (Å²) in [6.45, 7) is 4.13. The average Bonchev–Trinajstić information content (AvgIpc) is 2.38. The molecule has 18 heavy (non-hydrogen) atoms. The zero-order valence-electron chi connectivity index (χ0n) is 10.6. The van der Waals surface area contributed by atoms with Gasteiger partial charge >= 0.3 is 0 Å². The third-order valence-electron chi connectivity index (χ3n) is 2.74. The van der Waals surface area contributed by atoms with Crippen LogP contribution in [0.15, 0.2) is 30.5 Å². The molecule has 2 rings (SSSR count). The lowest BCUT2D eigenvalue weighted by Crippen LogP contribution is -1.96. The summed E-state index contributed by atoms with van der Waals surface area (Å²) in [4.78, 5) is 8.68. The lowest BCUT2D eigenvalue weighted by atomic mass is 10.1. The standard InChI is InChI=1S/C14H15ClN2O/c1-9(2)12-8-16-14(17-13(12)15)10-4-6-11(18-3)7-5-10/h4-9H,1-3H3. The van der Waals surface area contributed by atoms with Crippen molar-refractivity contribution in [2.24, 2.45) is 0 Å². The van der Waals surface area contributed by atoms with E-state index in [1.54, 1.807) is 13.3 Å². The molecule has 0 fully saturated rings. The van der Waals surface area contributed by atoms with Gasteiger partial charge in [-0.2, -0.15) is 0 Å². The van der Waals surface area contributed by atoms with Crippen LogP contribution in [0.5, 0.6) is 5.75 Å². The van der Waals surface area contributed by atoms with E-state index in [2.05, 4.69) is 23.8 Å². The fourth-order valence-corrected chi connectivity index (χ4v) is 1.98. The predicted molar refractivity (Wildman–Crippen MR) is 73.1 cm³/mol. The van der Waals surface area contributed by atoms with Gasteiger partial charge in [0.15, 0.2) is 5.82 Å². The summed E-state index contributed by atoms with van der Waals surface area (Å²) >= 11 is 6.16. The first-order chi connectivity index (χ1) is 8.61. The number of ether oxygens (including phenoxy) is 1. The summed E-state index contributed by atoms with van der Waals surface area (Å²) in [6, 6.07) is 7.59. The summed E-state index contributed by atoms with van der Waals surface area (Å²) in [5.41, 5.74) is 1.89. The molecule has 0 saturated carbocycles. The molecule has 0 radical (unpaired) electrons. The second-order valence-corrected chi connectivity index (χ2v) is 4.68. The Labute approximate surface area is 112 Å². The van der Waals surface area contributed by atoms with Gasteiger partial charge in [-0.25, -0.2) is 9.97 Å². The third kappa shape index (κ3) is 2.62. The normalized spacial score (nSPS) is 10.7. The largest absolute Gasteiger partial charge is 0.497 e. The van der Waals surface area contributed by atoms with Gasteiger partial charge in [-0.3, -0.25) is 0 Å². The topological polar surface area (TPSA) is 35.0 Å². The molecule has 0 aliphatic heterocycles. The molecule has 3 nitrogen and oxygen atoms in total. The van der Waals surface area contributed by atoms with E-state index in [4.69, 9.17) is 16.3 Å². The quantitative estimate of drug-likeness (QED) is 0.786. The van der Waals surface area contributed by atoms with E-state index in [1.165, 1.54) is 0 Å². The van der Waals surface area contributed by atoms with Crippen molar-refractivity contribution in [3.05, 3.63) is 41.2 Å². The van der Waals surface area contributed by atoms with Crippen LogP contribution in [0, 0.1) is 0 Å². The molecular formula is C14H15ClN2O. The van der Waals surface area contributed by atoms with Crippen LogP contribution in [-0.2, 0) is 0 Å². The zero-order valence-corrected chi connectivity index (χ0v) is 11.4. The number of hydrogen-bond acceptors (Lipinski definition) is 3. The van der Waals surface area contributed by atoms with Crippen molar-refractivity contribution in [1.29, 1.82) is 0 Å². The predicted octanol–water partition coefficient (Wildman–Crippen LogP) is 3.93. The highest BCUT2D eigenvalue weighted by atomic mass is 35.5. The molecule has 1 aromatic carbocycles. The molecule has 0 N–H and O–H groups in total. The molecule has 0 atom stereocenters. The Morgan fingerprint density at radius 3 is 2.33 bits per heavy atom. The number of aromatic nitrogens is 2. The molecule has 94 valence electrons. The summed E-state index contributed by atoms with van der Waals surface area (Å²) in [5.74, 6) is 1.76. The lowest BCUT2D eigenvalue weighted by molar-refractivity contribution is 0.415. The molecule has 2 aromatic rings. The number of hydrogen-bond donors (Lipinski definition) is 0. The van der Waals surface area contributed by atoms with Crippen LogP contribution in [0.3, 0.4) is 0 Å². The molecule has 0 aliphatic rings. The van der Waals surface area contributed by atoms with E-state index in [0.717, 1.165) is 16.9 Å². The first-order valence-corrected chi connectivity index (χ1v) is 6.16. The van der Waals surface area contributed by atoms with Crippen molar-refractivity contribution in [1.82, 2.24) is 9.97 Å². The molecule has 0 saturated heterocycles. The molecule has 0 amide bonds. The third-order valence-corrected chi connectivity index (χ3v) is 3.04. The van der Waals surface area contributed by atoms with Gasteiger partial charge in [0.2, 0.25) is 0 Å². The van der Waals surface area contributed by atoms with Gasteiger partial charge in [-0.1, -0.05) is 25.4 Å². The van der Waals surface area contributed by atoms with Crippen molar-refractivity contribution in [3.8, 4) is 17.1 Å². The van der Waals surface area contributed by atoms with E-state index >= 15 is 0 Å². The first-order valence-electron chi connectivity index (χ1n) is 5.78. The van der Waals surface area contributed by atoms with Crippen molar-refractivity contribution < 1.29 is 4.74 Å². The Morgan fingerprint density at radius 2 is 1.83 bits per heavy atom.